The Kier molecular flexibility index (Phi) is 7.34. The lowest BCUT2D eigenvalue weighted by Gasteiger charge is -2.28. The summed E-state index contributed by atoms with van der Waals surface area (Å²) in [5.41, 5.74) is 3.55. The highest BCUT2D eigenvalue weighted by molar-refractivity contribution is 5.73. The maximum Gasteiger partial charge on any atom is 0.417 e. The van der Waals surface area contributed by atoms with Crippen molar-refractivity contribution >= 4 is 5.82 Å². The number of aliphatic hydroxyl groups excluding tert-OH is 1. The molecule has 8 heteroatoms. The number of aliphatic hydroxyl groups is 1. The molecule has 1 fully saturated rings. The second-order valence-electron chi connectivity index (χ2n) is 9.92. The van der Waals surface area contributed by atoms with E-state index in [2.05, 4.69) is 16.5 Å². The largest absolute Gasteiger partial charge is 0.513 e. The fourth-order valence-corrected chi connectivity index (χ4v) is 5.36. The number of morpholine rings is 1. The van der Waals surface area contributed by atoms with Gasteiger partial charge in [0.2, 0.25) is 0 Å². The van der Waals surface area contributed by atoms with Gasteiger partial charge in [0.15, 0.2) is 0 Å². The summed E-state index contributed by atoms with van der Waals surface area (Å²) in [4.78, 5) is 6.56. The van der Waals surface area contributed by atoms with E-state index in [9.17, 15) is 18.3 Å². The summed E-state index contributed by atoms with van der Waals surface area (Å²) in [6, 6.07) is 12.3. The Bertz CT molecular complexity index is 1320. The van der Waals surface area contributed by atoms with E-state index < -0.39 is 11.7 Å². The standard InChI is InChI=1S/C30H31F3N2O3/c1-19(36)15-24-18-38-27-16-21(4-8-25(24)27)3-5-22-6-9-26(30(31,32)33)29(20(22)2)23-7-10-28(34-17-23)35-11-13-37-14-12-35/h4,6-10,16-17,24,36H,1,3,5,11-15,18H2,2H3/t24-/m1/s1. The molecule has 2 aliphatic rings. The molecule has 3 heterocycles. The first-order chi connectivity index (χ1) is 18.2. The topological polar surface area (TPSA) is 54.8 Å². The predicted octanol–water partition coefficient (Wildman–Crippen LogP) is 6.64. The molecular weight excluding hydrogens is 493 g/mol. The zero-order valence-corrected chi connectivity index (χ0v) is 21.4. The van der Waals surface area contributed by atoms with Crippen LogP contribution in [0.5, 0.6) is 5.75 Å². The first-order valence-corrected chi connectivity index (χ1v) is 12.8. The molecule has 1 N–H and O–H groups in total. The van der Waals surface area contributed by atoms with Crippen LogP contribution in [0.2, 0.25) is 0 Å². The summed E-state index contributed by atoms with van der Waals surface area (Å²) in [7, 11) is 0. The van der Waals surface area contributed by atoms with Gasteiger partial charge in [-0.3, -0.25) is 0 Å². The summed E-state index contributed by atoms with van der Waals surface area (Å²) in [5.74, 6) is 1.75. The van der Waals surface area contributed by atoms with E-state index in [0.717, 1.165) is 28.3 Å². The molecule has 0 aliphatic carbocycles. The van der Waals surface area contributed by atoms with E-state index in [1.165, 1.54) is 6.07 Å². The van der Waals surface area contributed by atoms with E-state index in [4.69, 9.17) is 9.47 Å². The van der Waals surface area contributed by atoms with Gasteiger partial charge in [0.25, 0.3) is 0 Å². The normalized spacial score (nSPS) is 17.3. The van der Waals surface area contributed by atoms with Gasteiger partial charge >= 0.3 is 6.18 Å². The minimum Gasteiger partial charge on any atom is -0.513 e. The molecule has 0 unspecified atom stereocenters. The number of anilines is 1. The van der Waals surface area contributed by atoms with E-state index in [-0.39, 0.29) is 17.2 Å². The molecule has 3 aromatic rings. The molecule has 1 atom stereocenters. The number of rotatable bonds is 7. The number of alkyl halides is 3. The van der Waals surface area contributed by atoms with Gasteiger partial charge in [-0.2, -0.15) is 13.2 Å². The molecule has 1 aromatic heterocycles. The zero-order valence-electron chi connectivity index (χ0n) is 21.4. The number of ether oxygens (including phenoxy) is 2. The highest BCUT2D eigenvalue weighted by Gasteiger charge is 2.35. The van der Waals surface area contributed by atoms with Gasteiger partial charge in [0.05, 0.1) is 31.1 Å². The molecular formula is C30H31F3N2O3. The molecule has 38 heavy (non-hydrogen) atoms. The van der Waals surface area contributed by atoms with E-state index in [1.807, 2.05) is 18.2 Å². The van der Waals surface area contributed by atoms with Crippen LogP contribution in [0.15, 0.2) is 61.0 Å². The van der Waals surface area contributed by atoms with Crippen LogP contribution in [0.1, 0.15) is 40.2 Å². The Morgan fingerprint density at radius 3 is 2.58 bits per heavy atom. The van der Waals surface area contributed by atoms with Crippen molar-refractivity contribution in [3.63, 3.8) is 0 Å². The number of allylic oxidation sites excluding steroid dienone is 1. The number of aromatic nitrogens is 1. The number of hydrogen-bond donors (Lipinski definition) is 1. The monoisotopic (exact) mass is 524 g/mol. The van der Waals surface area contributed by atoms with Crippen LogP contribution >= 0.6 is 0 Å². The van der Waals surface area contributed by atoms with Gasteiger partial charge in [0.1, 0.15) is 11.6 Å². The molecule has 2 aromatic carbocycles. The zero-order chi connectivity index (χ0) is 26.9. The third-order valence-electron chi connectivity index (χ3n) is 7.38. The van der Waals surface area contributed by atoms with Crippen molar-refractivity contribution in [2.24, 2.45) is 0 Å². The van der Waals surface area contributed by atoms with E-state index >= 15 is 0 Å². The molecule has 0 radical (unpaired) electrons. The average molecular weight is 525 g/mol. The van der Waals surface area contributed by atoms with Crippen LogP contribution in [0.3, 0.4) is 0 Å². The van der Waals surface area contributed by atoms with Crippen LogP contribution in [0.25, 0.3) is 11.1 Å². The van der Waals surface area contributed by atoms with Crippen molar-refractivity contribution in [3.8, 4) is 16.9 Å². The summed E-state index contributed by atoms with van der Waals surface area (Å²) in [6.07, 6.45) is -1.22. The number of hydrogen-bond acceptors (Lipinski definition) is 5. The highest BCUT2D eigenvalue weighted by Crippen LogP contribution is 2.41. The van der Waals surface area contributed by atoms with Crippen LogP contribution in [-0.2, 0) is 23.8 Å². The third kappa shape index (κ3) is 5.50. The van der Waals surface area contributed by atoms with Gasteiger partial charge in [-0.25, -0.2) is 4.98 Å². The molecule has 200 valence electrons. The SMILES string of the molecule is C=C(O)C[C@@H]1COc2cc(CCc3ccc(C(F)(F)F)c(-c4ccc(N5CCOCC5)nc4)c3C)ccc21. The molecule has 2 aliphatic heterocycles. The van der Waals surface area contributed by atoms with Crippen LogP contribution in [0, 0.1) is 6.92 Å². The number of pyridine rings is 1. The Morgan fingerprint density at radius 2 is 1.89 bits per heavy atom. The molecule has 5 nitrogen and oxygen atoms in total. The fraction of sp³-hybridized carbons (Fsp3) is 0.367. The number of nitrogens with zero attached hydrogens (tertiary/aromatic N) is 2. The number of aryl methyl sites for hydroxylation is 2. The maximum absolute atomic E-state index is 14.0. The molecule has 0 amide bonds. The van der Waals surface area contributed by atoms with Crippen molar-refractivity contribution < 1.29 is 27.8 Å². The van der Waals surface area contributed by atoms with Crippen LogP contribution in [-0.4, -0.2) is 43.0 Å². The first kappa shape index (κ1) is 26.1. The number of benzene rings is 2. The van der Waals surface area contributed by atoms with Crippen LogP contribution < -0.4 is 9.64 Å². The van der Waals surface area contributed by atoms with Crippen molar-refractivity contribution in [1.29, 1.82) is 0 Å². The first-order valence-electron chi connectivity index (χ1n) is 12.8. The van der Waals surface area contributed by atoms with Crippen molar-refractivity contribution in [2.75, 3.05) is 37.8 Å². The minimum absolute atomic E-state index is 0.0829. The Balaban J connectivity index is 1.39. The lowest BCUT2D eigenvalue weighted by atomic mass is 9.89. The minimum atomic E-state index is -4.48. The summed E-state index contributed by atoms with van der Waals surface area (Å²) < 4.78 is 53.3. The third-order valence-corrected chi connectivity index (χ3v) is 7.38. The Labute approximate surface area is 220 Å². The number of fused-ring (bicyclic) bond motifs is 1. The lowest BCUT2D eigenvalue weighted by molar-refractivity contribution is -0.137. The van der Waals surface area contributed by atoms with E-state index in [0.29, 0.717) is 63.3 Å². The Morgan fingerprint density at radius 1 is 1.11 bits per heavy atom. The summed E-state index contributed by atoms with van der Waals surface area (Å²) in [5, 5.41) is 9.55. The molecule has 5 rings (SSSR count). The molecule has 0 spiro atoms. The van der Waals surface area contributed by atoms with Crippen molar-refractivity contribution in [3.05, 3.63) is 88.8 Å². The summed E-state index contributed by atoms with van der Waals surface area (Å²) in [6.45, 7) is 8.47. The molecule has 0 saturated carbocycles. The predicted molar refractivity (Wildman–Crippen MR) is 141 cm³/mol. The van der Waals surface area contributed by atoms with Crippen molar-refractivity contribution in [2.45, 2.75) is 38.3 Å². The van der Waals surface area contributed by atoms with Gasteiger partial charge in [0, 0.05) is 42.8 Å². The van der Waals surface area contributed by atoms with Gasteiger partial charge in [-0.1, -0.05) is 24.8 Å². The smallest absolute Gasteiger partial charge is 0.417 e. The highest BCUT2D eigenvalue weighted by atomic mass is 19.4. The maximum atomic E-state index is 14.0. The molecule has 1 saturated heterocycles. The fourth-order valence-electron chi connectivity index (χ4n) is 5.36. The van der Waals surface area contributed by atoms with Gasteiger partial charge in [-0.05, 0) is 66.3 Å². The average Bonchev–Trinajstić information content (AvgIpc) is 3.29. The van der Waals surface area contributed by atoms with Crippen molar-refractivity contribution in [1.82, 2.24) is 4.98 Å². The van der Waals surface area contributed by atoms with Gasteiger partial charge in [-0.15, -0.1) is 0 Å². The molecule has 0 bridgehead atoms. The number of halogens is 3. The second kappa shape index (κ2) is 10.7. The lowest BCUT2D eigenvalue weighted by Crippen LogP contribution is -2.36. The van der Waals surface area contributed by atoms with E-state index in [1.54, 1.807) is 31.3 Å². The summed E-state index contributed by atoms with van der Waals surface area (Å²) >= 11 is 0. The second-order valence-corrected chi connectivity index (χ2v) is 9.92. The van der Waals surface area contributed by atoms with Gasteiger partial charge < -0.3 is 19.5 Å². The quantitative estimate of drug-likeness (QED) is 0.352. The Hall–Kier alpha value is -3.52. The van der Waals surface area contributed by atoms with Crippen LogP contribution in [0.4, 0.5) is 19.0 Å².